The van der Waals surface area contributed by atoms with E-state index in [1.54, 1.807) is 18.4 Å². The number of methoxy groups -OCH3 is 1. The number of ether oxygens (including phenoxy) is 1. The smallest absolute Gasteiger partial charge is 0.220 e. The summed E-state index contributed by atoms with van der Waals surface area (Å²) in [7, 11) is 1.66. The number of fused-ring (bicyclic) bond motifs is 1. The lowest BCUT2D eigenvalue weighted by atomic mass is 10.1. The standard InChI is InChI=1S/C22H29N5O2S/c1-4-5-6-19(28)23-16-11-13-26(14-12-16)22-24-21-20(30-22)15(2)25-27(21)17-7-9-18(29-3)10-8-17/h7-10,16H,4-6,11-14H2,1-3H3,(H,23,28). The molecule has 0 unspecified atom stereocenters. The van der Waals surface area contributed by atoms with E-state index >= 15 is 0 Å². The molecule has 0 spiro atoms. The highest BCUT2D eigenvalue weighted by atomic mass is 32.1. The molecule has 1 aromatic carbocycles. The molecule has 0 radical (unpaired) electrons. The summed E-state index contributed by atoms with van der Waals surface area (Å²) in [6, 6.07) is 8.14. The maximum absolute atomic E-state index is 12.0. The number of anilines is 1. The van der Waals surface area contributed by atoms with Gasteiger partial charge in [0.1, 0.15) is 5.75 Å². The average Bonchev–Trinajstić information content (AvgIpc) is 3.33. The van der Waals surface area contributed by atoms with Crippen molar-refractivity contribution in [2.45, 2.75) is 52.0 Å². The molecular weight excluding hydrogens is 398 g/mol. The number of amides is 1. The molecule has 7 nitrogen and oxygen atoms in total. The number of piperidine rings is 1. The molecule has 1 fully saturated rings. The van der Waals surface area contributed by atoms with E-state index < -0.39 is 0 Å². The lowest BCUT2D eigenvalue weighted by molar-refractivity contribution is -0.122. The number of nitrogens with one attached hydrogen (secondary N) is 1. The zero-order valence-electron chi connectivity index (χ0n) is 17.9. The number of unbranched alkanes of at least 4 members (excludes halogenated alkanes) is 1. The van der Waals surface area contributed by atoms with Crippen molar-refractivity contribution in [3.8, 4) is 11.4 Å². The minimum absolute atomic E-state index is 0.186. The van der Waals surface area contributed by atoms with Gasteiger partial charge in [0.05, 0.1) is 23.2 Å². The minimum Gasteiger partial charge on any atom is -0.497 e. The molecule has 2 aromatic heterocycles. The third-order valence-corrected chi connectivity index (χ3v) is 6.80. The van der Waals surface area contributed by atoms with E-state index in [-0.39, 0.29) is 11.9 Å². The van der Waals surface area contributed by atoms with Gasteiger partial charge < -0.3 is 15.0 Å². The SMILES string of the molecule is CCCCC(=O)NC1CCN(c2nc3c(s2)c(C)nn3-c2ccc(OC)cc2)CC1. The molecule has 0 atom stereocenters. The maximum Gasteiger partial charge on any atom is 0.220 e. The molecule has 0 bridgehead atoms. The van der Waals surface area contributed by atoms with Gasteiger partial charge >= 0.3 is 0 Å². The Morgan fingerprint density at radius 2 is 2.00 bits per heavy atom. The van der Waals surface area contributed by atoms with Crippen LogP contribution in [0.4, 0.5) is 5.13 Å². The summed E-state index contributed by atoms with van der Waals surface area (Å²) < 4.78 is 8.29. The molecule has 1 amide bonds. The Balaban J connectivity index is 1.46. The van der Waals surface area contributed by atoms with Crippen LogP contribution in [0, 0.1) is 6.92 Å². The second kappa shape index (κ2) is 9.04. The van der Waals surface area contributed by atoms with Crippen molar-refractivity contribution in [3.63, 3.8) is 0 Å². The fourth-order valence-electron chi connectivity index (χ4n) is 3.81. The lowest BCUT2D eigenvalue weighted by Gasteiger charge is -2.32. The van der Waals surface area contributed by atoms with Crippen LogP contribution < -0.4 is 15.0 Å². The number of hydrogen-bond donors (Lipinski definition) is 1. The number of rotatable bonds is 7. The highest BCUT2D eigenvalue weighted by Gasteiger charge is 2.24. The van der Waals surface area contributed by atoms with Gasteiger partial charge in [-0.05, 0) is 50.5 Å². The first-order chi connectivity index (χ1) is 14.6. The molecule has 8 heteroatoms. The van der Waals surface area contributed by atoms with Crippen LogP contribution >= 0.6 is 11.3 Å². The fourth-order valence-corrected chi connectivity index (χ4v) is 4.85. The topological polar surface area (TPSA) is 72.3 Å². The van der Waals surface area contributed by atoms with Crippen molar-refractivity contribution >= 4 is 32.7 Å². The predicted octanol–water partition coefficient (Wildman–Crippen LogP) is 4.07. The van der Waals surface area contributed by atoms with Crippen LogP contribution in [0.15, 0.2) is 24.3 Å². The molecular formula is C22H29N5O2S. The van der Waals surface area contributed by atoms with E-state index in [9.17, 15) is 4.79 Å². The monoisotopic (exact) mass is 427 g/mol. The number of hydrogen-bond acceptors (Lipinski definition) is 6. The zero-order chi connectivity index (χ0) is 21.1. The van der Waals surface area contributed by atoms with Gasteiger partial charge in [-0.3, -0.25) is 4.79 Å². The molecule has 3 heterocycles. The summed E-state index contributed by atoms with van der Waals surface area (Å²) in [5, 5.41) is 8.91. The Morgan fingerprint density at radius 1 is 1.27 bits per heavy atom. The minimum atomic E-state index is 0.186. The van der Waals surface area contributed by atoms with Gasteiger partial charge in [0.25, 0.3) is 0 Å². The molecule has 4 rings (SSSR count). The first kappa shape index (κ1) is 20.7. The van der Waals surface area contributed by atoms with E-state index in [1.807, 2.05) is 35.9 Å². The van der Waals surface area contributed by atoms with Crippen molar-refractivity contribution < 1.29 is 9.53 Å². The van der Waals surface area contributed by atoms with Gasteiger partial charge in [-0.15, -0.1) is 0 Å². The summed E-state index contributed by atoms with van der Waals surface area (Å²) in [5.41, 5.74) is 2.86. The predicted molar refractivity (Wildman–Crippen MR) is 121 cm³/mol. The van der Waals surface area contributed by atoms with Crippen molar-refractivity contribution in [2.24, 2.45) is 0 Å². The van der Waals surface area contributed by atoms with Gasteiger partial charge in [0.15, 0.2) is 10.8 Å². The fraction of sp³-hybridized carbons (Fsp3) is 0.500. The Hall–Kier alpha value is -2.61. The highest BCUT2D eigenvalue weighted by Crippen LogP contribution is 2.34. The van der Waals surface area contributed by atoms with Crippen LogP contribution in [0.25, 0.3) is 16.0 Å². The van der Waals surface area contributed by atoms with Gasteiger partial charge in [-0.25, -0.2) is 4.68 Å². The summed E-state index contributed by atoms with van der Waals surface area (Å²) >= 11 is 1.70. The maximum atomic E-state index is 12.0. The normalized spacial score (nSPS) is 15.0. The molecule has 1 N–H and O–H groups in total. The summed E-state index contributed by atoms with van der Waals surface area (Å²) in [5.74, 6) is 1.01. The van der Waals surface area contributed by atoms with Crippen molar-refractivity contribution in [3.05, 3.63) is 30.0 Å². The number of benzene rings is 1. The van der Waals surface area contributed by atoms with Crippen molar-refractivity contribution in [2.75, 3.05) is 25.1 Å². The number of aryl methyl sites for hydroxylation is 1. The molecule has 0 saturated carbocycles. The first-order valence-corrected chi connectivity index (χ1v) is 11.5. The van der Waals surface area contributed by atoms with E-state index in [0.717, 1.165) is 71.4 Å². The molecule has 3 aromatic rings. The number of thiazole rings is 1. The van der Waals surface area contributed by atoms with Gasteiger partial charge in [-0.1, -0.05) is 24.7 Å². The van der Waals surface area contributed by atoms with Gasteiger partial charge in [0.2, 0.25) is 5.91 Å². The van der Waals surface area contributed by atoms with Gasteiger partial charge in [0, 0.05) is 25.6 Å². The number of carbonyl (C=O) groups excluding carboxylic acids is 1. The largest absolute Gasteiger partial charge is 0.497 e. The van der Waals surface area contributed by atoms with E-state index in [1.165, 1.54) is 0 Å². The highest BCUT2D eigenvalue weighted by molar-refractivity contribution is 7.22. The van der Waals surface area contributed by atoms with E-state index in [0.29, 0.717) is 6.42 Å². The van der Waals surface area contributed by atoms with Crippen LogP contribution in [0.2, 0.25) is 0 Å². The third-order valence-electron chi connectivity index (χ3n) is 5.58. The summed E-state index contributed by atoms with van der Waals surface area (Å²) in [6.45, 7) is 5.95. The quantitative estimate of drug-likeness (QED) is 0.615. The Bertz CT molecular complexity index is 1000. The Kier molecular flexibility index (Phi) is 6.22. The number of carbonyl (C=O) groups is 1. The Morgan fingerprint density at radius 3 is 2.67 bits per heavy atom. The molecule has 1 saturated heterocycles. The molecule has 1 aliphatic heterocycles. The van der Waals surface area contributed by atoms with Crippen molar-refractivity contribution in [1.29, 1.82) is 0 Å². The van der Waals surface area contributed by atoms with Gasteiger partial charge in [-0.2, -0.15) is 10.1 Å². The average molecular weight is 428 g/mol. The van der Waals surface area contributed by atoms with Crippen LogP contribution in [0.5, 0.6) is 5.75 Å². The second-order valence-electron chi connectivity index (χ2n) is 7.78. The molecule has 1 aliphatic rings. The lowest BCUT2D eigenvalue weighted by Crippen LogP contribution is -2.44. The second-order valence-corrected chi connectivity index (χ2v) is 8.75. The molecule has 0 aliphatic carbocycles. The van der Waals surface area contributed by atoms with Crippen LogP contribution in [0.3, 0.4) is 0 Å². The molecule has 160 valence electrons. The molecule has 30 heavy (non-hydrogen) atoms. The van der Waals surface area contributed by atoms with Crippen LogP contribution in [-0.2, 0) is 4.79 Å². The van der Waals surface area contributed by atoms with Crippen LogP contribution in [-0.4, -0.2) is 46.9 Å². The first-order valence-electron chi connectivity index (χ1n) is 10.6. The summed E-state index contributed by atoms with van der Waals surface area (Å²) in [6.07, 6.45) is 4.56. The van der Waals surface area contributed by atoms with Crippen molar-refractivity contribution in [1.82, 2.24) is 20.1 Å². The number of aromatic nitrogens is 3. The van der Waals surface area contributed by atoms with Crippen LogP contribution in [0.1, 0.15) is 44.7 Å². The zero-order valence-corrected chi connectivity index (χ0v) is 18.7. The van der Waals surface area contributed by atoms with E-state index in [2.05, 4.69) is 22.2 Å². The van der Waals surface area contributed by atoms with E-state index in [4.69, 9.17) is 9.72 Å². The Labute approximate surface area is 181 Å². The third kappa shape index (κ3) is 4.28. The summed E-state index contributed by atoms with van der Waals surface area (Å²) in [4.78, 5) is 19.3. The number of nitrogens with zero attached hydrogens (tertiary/aromatic N) is 4.